The Labute approximate surface area is 168 Å². The summed E-state index contributed by atoms with van der Waals surface area (Å²) in [6.07, 6.45) is 2.91. The number of nitrogens with zero attached hydrogens (tertiary/aromatic N) is 3. The highest BCUT2D eigenvalue weighted by molar-refractivity contribution is 6.32. The van der Waals surface area contributed by atoms with Gasteiger partial charge in [-0.25, -0.2) is 14.2 Å². The van der Waals surface area contributed by atoms with Gasteiger partial charge in [0.05, 0.1) is 5.02 Å². The molecule has 0 aliphatic heterocycles. The molecule has 0 saturated heterocycles. The molecule has 0 aliphatic carbocycles. The number of nitrogen functional groups attached to an aromatic ring is 1. The lowest BCUT2D eigenvalue weighted by atomic mass is 10.00. The molecule has 0 fully saturated rings. The van der Waals surface area contributed by atoms with E-state index in [1.165, 1.54) is 24.5 Å². The van der Waals surface area contributed by atoms with Gasteiger partial charge in [0, 0.05) is 41.9 Å². The van der Waals surface area contributed by atoms with Gasteiger partial charge in [0.2, 0.25) is 5.88 Å². The maximum atomic E-state index is 14.2. The predicted molar refractivity (Wildman–Crippen MR) is 106 cm³/mol. The van der Waals surface area contributed by atoms with E-state index in [-0.39, 0.29) is 35.0 Å². The monoisotopic (exact) mass is 412 g/mol. The average Bonchev–Trinajstić information content (AvgIpc) is 2.70. The topological polar surface area (TPSA) is 104 Å². The predicted octanol–water partition coefficient (Wildman–Crippen LogP) is 4.04. The summed E-state index contributed by atoms with van der Waals surface area (Å²) in [7, 11) is 0. The van der Waals surface area contributed by atoms with Crippen molar-refractivity contribution >= 4 is 28.4 Å². The van der Waals surface area contributed by atoms with Crippen LogP contribution in [0.1, 0.15) is 16.7 Å². The summed E-state index contributed by atoms with van der Waals surface area (Å²) in [6.45, 7) is 1.75. The zero-order valence-electron chi connectivity index (χ0n) is 15.1. The van der Waals surface area contributed by atoms with Crippen molar-refractivity contribution < 1.29 is 13.5 Å². The highest BCUT2D eigenvalue weighted by atomic mass is 35.5. The van der Waals surface area contributed by atoms with Gasteiger partial charge >= 0.3 is 5.63 Å². The number of benzene rings is 1. The molecule has 2 N–H and O–H groups in total. The van der Waals surface area contributed by atoms with Gasteiger partial charge in [-0.3, -0.25) is 0 Å². The molecule has 0 radical (unpaired) electrons. The first-order chi connectivity index (χ1) is 13.9. The van der Waals surface area contributed by atoms with Crippen molar-refractivity contribution in [3.63, 3.8) is 0 Å². The molecule has 3 aromatic heterocycles. The molecule has 0 spiro atoms. The number of rotatable bonds is 4. The van der Waals surface area contributed by atoms with Crippen molar-refractivity contribution in [1.29, 1.82) is 0 Å². The molecule has 0 unspecified atom stereocenters. The summed E-state index contributed by atoms with van der Waals surface area (Å²) in [5.74, 6) is -0.366. The standard InChI is InChI=1S/C20H14ClFN4O3/c1-10-12-8-14(21)16(28-17-3-2-5-25-26-17)9-15(12)29-20(27)13(10)7-11-4-6-24-19(23)18(11)22/h2-6,8-9H,7H2,1H3,(H2,23,24). The zero-order chi connectivity index (χ0) is 20.5. The van der Waals surface area contributed by atoms with Gasteiger partial charge < -0.3 is 14.9 Å². The van der Waals surface area contributed by atoms with Crippen LogP contribution in [0.3, 0.4) is 0 Å². The molecular formula is C20H14ClFN4O3. The molecule has 4 aromatic rings. The van der Waals surface area contributed by atoms with E-state index >= 15 is 0 Å². The third-order valence-corrected chi connectivity index (χ3v) is 4.76. The fourth-order valence-electron chi connectivity index (χ4n) is 2.96. The minimum Gasteiger partial charge on any atom is -0.436 e. The molecule has 0 saturated carbocycles. The van der Waals surface area contributed by atoms with Crippen LogP contribution in [0.25, 0.3) is 11.0 Å². The number of hydrogen-bond donors (Lipinski definition) is 1. The summed E-state index contributed by atoms with van der Waals surface area (Å²) < 4.78 is 25.3. The highest BCUT2D eigenvalue weighted by Crippen LogP contribution is 2.34. The maximum Gasteiger partial charge on any atom is 0.340 e. The van der Waals surface area contributed by atoms with Crippen LogP contribution < -0.4 is 16.1 Å². The minimum atomic E-state index is -0.655. The number of nitrogens with two attached hydrogens (primary N) is 1. The van der Waals surface area contributed by atoms with E-state index in [1.54, 1.807) is 25.1 Å². The Kier molecular flexibility index (Phi) is 4.85. The summed E-state index contributed by atoms with van der Waals surface area (Å²) in [6, 6.07) is 7.89. The third-order valence-electron chi connectivity index (χ3n) is 4.47. The Hall–Kier alpha value is -3.52. The highest BCUT2D eigenvalue weighted by Gasteiger charge is 2.17. The molecule has 0 aliphatic rings. The second-order valence-electron chi connectivity index (χ2n) is 6.28. The van der Waals surface area contributed by atoms with Crippen molar-refractivity contribution in [2.24, 2.45) is 0 Å². The van der Waals surface area contributed by atoms with Gasteiger partial charge in [-0.15, -0.1) is 5.10 Å². The molecule has 4 rings (SSSR count). The molecule has 7 nitrogen and oxygen atoms in total. The lowest BCUT2D eigenvalue weighted by Gasteiger charge is -2.11. The van der Waals surface area contributed by atoms with Gasteiger partial charge in [0.25, 0.3) is 0 Å². The first-order valence-corrected chi connectivity index (χ1v) is 8.92. The molecular weight excluding hydrogens is 399 g/mol. The zero-order valence-corrected chi connectivity index (χ0v) is 15.9. The first kappa shape index (κ1) is 18.8. The SMILES string of the molecule is Cc1c(Cc2ccnc(N)c2F)c(=O)oc2cc(Oc3cccnn3)c(Cl)cc12. The molecule has 0 bridgehead atoms. The smallest absolute Gasteiger partial charge is 0.340 e. The lowest BCUT2D eigenvalue weighted by molar-refractivity contribution is 0.454. The Morgan fingerprint density at radius 2 is 2.10 bits per heavy atom. The van der Waals surface area contributed by atoms with Gasteiger partial charge in [-0.2, -0.15) is 5.10 Å². The van der Waals surface area contributed by atoms with E-state index in [0.29, 0.717) is 21.5 Å². The van der Waals surface area contributed by atoms with Crippen LogP contribution in [0.15, 0.2) is 51.9 Å². The number of hydrogen-bond acceptors (Lipinski definition) is 7. The quantitative estimate of drug-likeness (QED) is 0.504. The van der Waals surface area contributed by atoms with Crippen molar-refractivity contribution in [3.8, 4) is 11.6 Å². The second kappa shape index (κ2) is 7.48. The van der Waals surface area contributed by atoms with E-state index < -0.39 is 11.4 Å². The van der Waals surface area contributed by atoms with E-state index in [2.05, 4.69) is 15.2 Å². The van der Waals surface area contributed by atoms with Gasteiger partial charge in [-0.1, -0.05) is 11.6 Å². The van der Waals surface area contributed by atoms with E-state index in [0.717, 1.165) is 0 Å². The van der Waals surface area contributed by atoms with Crippen molar-refractivity contribution in [3.05, 3.63) is 80.7 Å². The Morgan fingerprint density at radius 1 is 1.28 bits per heavy atom. The largest absolute Gasteiger partial charge is 0.436 e. The van der Waals surface area contributed by atoms with Crippen LogP contribution in [-0.2, 0) is 6.42 Å². The van der Waals surface area contributed by atoms with Gasteiger partial charge in [-0.05, 0) is 36.2 Å². The van der Waals surface area contributed by atoms with Crippen LogP contribution in [0.2, 0.25) is 5.02 Å². The van der Waals surface area contributed by atoms with Crippen LogP contribution in [0, 0.1) is 12.7 Å². The Balaban J connectivity index is 1.78. The number of aryl methyl sites for hydroxylation is 1. The second-order valence-corrected chi connectivity index (χ2v) is 6.69. The van der Waals surface area contributed by atoms with Gasteiger partial charge in [0.1, 0.15) is 5.58 Å². The summed E-state index contributed by atoms with van der Waals surface area (Å²) in [5.41, 5.74) is 6.39. The number of pyridine rings is 1. The molecule has 1 aromatic carbocycles. The normalized spacial score (nSPS) is 11.0. The van der Waals surface area contributed by atoms with Gasteiger partial charge in [0.15, 0.2) is 17.4 Å². The average molecular weight is 413 g/mol. The van der Waals surface area contributed by atoms with E-state index in [4.69, 9.17) is 26.5 Å². The number of fused-ring (bicyclic) bond motifs is 1. The lowest BCUT2D eigenvalue weighted by Crippen LogP contribution is -2.12. The van der Waals surface area contributed by atoms with Crippen LogP contribution in [0.4, 0.5) is 10.2 Å². The fourth-order valence-corrected chi connectivity index (χ4v) is 3.16. The fraction of sp³-hybridized carbons (Fsp3) is 0.100. The van der Waals surface area contributed by atoms with Crippen LogP contribution >= 0.6 is 11.6 Å². The Bertz CT molecular complexity index is 1280. The van der Waals surface area contributed by atoms with Crippen molar-refractivity contribution in [2.75, 3.05) is 5.73 Å². The van der Waals surface area contributed by atoms with E-state index in [1.807, 2.05) is 0 Å². The van der Waals surface area contributed by atoms with Crippen LogP contribution in [-0.4, -0.2) is 15.2 Å². The number of aromatic nitrogens is 3. The number of anilines is 1. The summed E-state index contributed by atoms with van der Waals surface area (Å²) in [4.78, 5) is 16.3. The minimum absolute atomic E-state index is 0.0120. The van der Waals surface area contributed by atoms with Crippen molar-refractivity contribution in [2.45, 2.75) is 13.3 Å². The number of ether oxygens (including phenoxy) is 1. The first-order valence-electron chi connectivity index (χ1n) is 8.54. The molecule has 29 heavy (non-hydrogen) atoms. The van der Waals surface area contributed by atoms with E-state index in [9.17, 15) is 9.18 Å². The summed E-state index contributed by atoms with van der Waals surface area (Å²) >= 11 is 6.35. The molecule has 3 heterocycles. The van der Waals surface area contributed by atoms with Crippen LogP contribution in [0.5, 0.6) is 11.6 Å². The van der Waals surface area contributed by atoms with Crippen molar-refractivity contribution in [1.82, 2.24) is 15.2 Å². The third kappa shape index (κ3) is 3.62. The molecule has 9 heteroatoms. The maximum absolute atomic E-state index is 14.2. The molecule has 0 amide bonds. The molecule has 146 valence electrons. The summed E-state index contributed by atoms with van der Waals surface area (Å²) in [5, 5.41) is 8.47. The Morgan fingerprint density at radius 3 is 2.86 bits per heavy atom. The number of halogens is 2. The molecule has 0 atom stereocenters.